The minimum Gasteiger partial charge on any atom is -0.352 e. The lowest BCUT2D eigenvalue weighted by atomic mass is 10.0. The number of urea groups is 1. The zero-order valence-electron chi connectivity index (χ0n) is 19.5. The molecule has 174 valence electrons. The average molecular weight is 459 g/mol. The highest BCUT2D eigenvalue weighted by atomic mass is 35.5. The number of carbonyl (C=O) groups excluding carboxylic acids is 2. The van der Waals surface area contributed by atoms with E-state index in [4.69, 9.17) is 11.6 Å². The van der Waals surface area contributed by atoms with Crippen molar-refractivity contribution in [2.75, 3.05) is 31.5 Å². The average Bonchev–Trinajstić information content (AvgIpc) is 2.77. The fourth-order valence-electron chi connectivity index (χ4n) is 3.51. The summed E-state index contributed by atoms with van der Waals surface area (Å²) >= 11 is 6.28. The van der Waals surface area contributed by atoms with E-state index in [0.29, 0.717) is 35.3 Å². The molecule has 3 amide bonds. The summed E-state index contributed by atoms with van der Waals surface area (Å²) in [7, 11) is 0. The van der Waals surface area contributed by atoms with Gasteiger partial charge in [0, 0.05) is 24.8 Å². The molecule has 0 saturated carbocycles. The van der Waals surface area contributed by atoms with Gasteiger partial charge in [-0.3, -0.25) is 9.69 Å². The Morgan fingerprint density at radius 2 is 1.66 bits per heavy atom. The van der Waals surface area contributed by atoms with Gasteiger partial charge < -0.3 is 16.0 Å². The number of nitrogens with one attached hydrogen (secondary N) is 3. The molecule has 0 spiro atoms. The maximum absolute atomic E-state index is 12.5. The maximum atomic E-state index is 12.5. The summed E-state index contributed by atoms with van der Waals surface area (Å²) in [5.41, 5.74) is 2.17. The van der Waals surface area contributed by atoms with Gasteiger partial charge in [-0.2, -0.15) is 0 Å². The highest BCUT2D eigenvalue weighted by Crippen LogP contribution is 2.21. The van der Waals surface area contributed by atoms with Gasteiger partial charge in [0.1, 0.15) is 0 Å². The van der Waals surface area contributed by atoms with Crippen molar-refractivity contribution in [1.29, 1.82) is 0 Å². The molecule has 7 heteroatoms. The molecule has 1 atom stereocenters. The van der Waals surface area contributed by atoms with E-state index in [-0.39, 0.29) is 18.0 Å². The zero-order chi connectivity index (χ0) is 23.5. The molecule has 0 aliphatic rings. The number of halogens is 1. The first-order valence-electron chi connectivity index (χ1n) is 11.2. The van der Waals surface area contributed by atoms with Crippen LogP contribution in [-0.4, -0.2) is 49.1 Å². The summed E-state index contributed by atoms with van der Waals surface area (Å²) in [5, 5.41) is 8.93. The Morgan fingerprint density at radius 3 is 2.25 bits per heavy atom. The number of rotatable bonds is 11. The largest absolute Gasteiger partial charge is 0.352 e. The van der Waals surface area contributed by atoms with Crippen LogP contribution in [0.3, 0.4) is 0 Å². The van der Waals surface area contributed by atoms with Crippen molar-refractivity contribution < 1.29 is 9.59 Å². The van der Waals surface area contributed by atoms with Crippen molar-refractivity contribution in [2.45, 2.75) is 40.2 Å². The van der Waals surface area contributed by atoms with Gasteiger partial charge in [-0.05, 0) is 49.2 Å². The zero-order valence-corrected chi connectivity index (χ0v) is 20.2. The van der Waals surface area contributed by atoms with Crippen LogP contribution in [0.15, 0.2) is 48.5 Å². The number of hydrogen-bond acceptors (Lipinski definition) is 3. The Kier molecular flexibility index (Phi) is 10.5. The minimum atomic E-state index is -0.303. The molecular weight excluding hydrogens is 424 g/mol. The van der Waals surface area contributed by atoms with Crippen molar-refractivity contribution >= 4 is 29.2 Å². The molecule has 0 heterocycles. The molecule has 32 heavy (non-hydrogen) atoms. The molecule has 2 rings (SSSR count). The number of carbonyl (C=O) groups is 2. The third-order valence-corrected chi connectivity index (χ3v) is 5.60. The summed E-state index contributed by atoms with van der Waals surface area (Å²) in [6, 6.07) is 15.1. The molecule has 0 fully saturated rings. The van der Waals surface area contributed by atoms with Crippen LogP contribution < -0.4 is 16.0 Å². The van der Waals surface area contributed by atoms with Crippen LogP contribution >= 0.6 is 11.6 Å². The van der Waals surface area contributed by atoms with Crippen molar-refractivity contribution in [1.82, 2.24) is 15.5 Å². The standard InChI is InChI=1S/C25H35ClN4O2/c1-5-30(6-2)21(14-19-10-8-7-9-11-19)17-28-25(32)29-20-12-13-22(23(26)15-20)24(31)27-16-18(3)4/h7-13,15,18,21H,5-6,14,16-17H2,1-4H3,(H,27,31)(H2,28,29,32). The Hall–Kier alpha value is -2.57. The summed E-state index contributed by atoms with van der Waals surface area (Å²) < 4.78 is 0. The van der Waals surface area contributed by atoms with Gasteiger partial charge in [-0.15, -0.1) is 0 Å². The van der Waals surface area contributed by atoms with Crippen molar-refractivity contribution in [3.8, 4) is 0 Å². The molecule has 0 aliphatic carbocycles. The predicted octanol–water partition coefficient (Wildman–Crippen LogP) is 4.80. The van der Waals surface area contributed by atoms with E-state index in [9.17, 15) is 9.59 Å². The van der Waals surface area contributed by atoms with E-state index in [0.717, 1.165) is 19.5 Å². The number of likely N-dealkylation sites (N-methyl/N-ethyl adjacent to an activating group) is 1. The van der Waals surface area contributed by atoms with E-state index in [1.807, 2.05) is 32.0 Å². The highest BCUT2D eigenvalue weighted by Gasteiger charge is 2.18. The lowest BCUT2D eigenvalue weighted by molar-refractivity contribution is 0.0949. The van der Waals surface area contributed by atoms with Crippen LogP contribution in [-0.2, 0) is 6.42 Å². The van der Waals surface area contributed by atoms with Gasteiger partial charge >= 0.3 is 6.03 Å². The second-order valence-corrected chi connectivity index (χ2v) is 8.61. The molecule has 0 saturated heterocycles. The monoisotopic (exact) mass is 458 g/mol. The lowest BCUT2D eigenvalue weighted by Crippen LogP contribution is -2.46. The van der Waals surface area contributed by atoms with Crippen LogP contribution in [0.5, 0.6) is 0 Å². The van der Waals surface area contributed by atoms with E-state index in [1.54, 1.807) is 18.2 Å². The highest BCUT2D eigenvalue weighted by molar-refractivity contribution is 6.34. The van der Waals surface area contributed by atoms with Crippen molar-refractivity contribution in [3.05, 3.63) is 64.7 Å². The molecule has 3 N–H and O–H groups in total. The molecule has 0 radical (unpaired) electrons. The summed E-state index contributed by atoms with van der Waals surface area (Å²) in [5.74, 6) is 0.132. The molecule has 2 aromatic carbocycles. The van der Waals surface area contributed by atoms with E-state index >= 15 is 0 Å². The number of hydrogen-bond donors (Lipinski definition) is 3. The maximum Gasteiger partial charge on any atom is 0.319 e. The van der Waals surface area contributed by atoms with Gasteiger partial charge in [-0.1, -0.05) is 69.6 Å². The van der Waals surface area contributed by atoms with Gasteiger partial charge in [-0.25, -0.2) is 4.79 Å². The van der Waals surface area contributed by atoms with E-state index in [2.05, 4.69) is 46.8 Å². The molecule has 0 bridgehead atoms. The first-order chi connectivity index (χ1) is 15.3. The summed E-state index contributed by atoms with van der Waals surface area (Å²) in [4.78, 5) is 27.1. The number of amides is 3. The van der Waals surface area contributed by atoms with Crippen LogP contribution in [0, 0.1) is 5.92 Å². The predicted molar refractivity (Wildman–Crippen MR) is 132 cm³/mol. The van der Waals surface area contributed by atoms with Crippen molar-refractivity contribution in [2.24, 2.45) is 5.92 Å². The number of benzene rings is 2. The van der Waals surface area contributed by atoms with Crippen LogP contribution in [0.4, 0.5) is 10.5 Å². The minimum absolute atomic E-state index is 0.189. The molecule has 0 aromatic heterocycles. The third kappa shape index (κ3) is 8.17. The fourth-order valence-corrected chi connectivity index (χ4v) is 3.78. The Bertz CT molecular complexity index is 870. The first kappa shape index (κ1) is 25.7. The number of nitrogens with zero attached hydrogens (tertiary/aromatic N) is 1. The normalized spacial score (nSPS) is 12.0. The van der Waals surface area contributed by atoms with Gasteiger partial charge in [0.05, 0.1) is 10.6 Å². The molecule has 1 unspecified atom stereocenters. The fraction of sp³-hybridized carbons (Fsp3) is 0.440. The first-order valence-corrected chi connectivity index (χ1v) is 11.6. The summed E-state index contributed by atoms with van der Waals surface area (Å²) in [6.07, 6.45) is 0.856. The van der Waals surface area contributed by atoms with E-state index in [1.165, 1.54) is 5.56 Å². The third-order valence-electron chi connectivity index (χ3n) is 5.28. The van der Waals surface area contributed by atoms with Crippen molar-refractivity contribution in [3.63, 3.8) is 0 Å². The van der Waals surface area contributed by atoms with Crippen LogP contribution in [0.2, 0.25) is 5.02 Å². The Balaban J connectivity index is 1.96. The van der Waals surface area contributed by atoms with E-state index < -0.39 is 0 Å². The van der Waals surface area contributed by atoms with Crippen LogP contribution in [0.25, 0.3) is 0 Å². The topological polar surface area (TPSA) is 73.5 Å². The molecule has 2 aromatic rings. The van der Waals surface area contributed by atoms with Gasteiger partial charge in [0.2, 0.25) is 0 Å². The Morgan fingerprint density at radius 1 is 0.969 bits per heavy atom. The molecular formula is C25H35ClN4O2. The van der Waals surface area contributed by atoms with Gasteiger partial charge in [0.15, 0.2) is 0 Å². The Labute approximate surface area is 196 Å². The quantitative estimate of drug-likeness (QED) is 0.452. The van der Waals surface area contributed by atoms with Gasteiger partial charge in [0.25, 0.3) is 5.91 Å². The van der Waals surface area contributed by atoms with Crippen LogP contribution in [0.1, 0.15) is 43.6 Å². The second kappa shape index (κ2) is 13.1. The SMILES string of the molecule is CCN(CC)C(CNC(=O)Nc1ccc(C(=O)NCC(C)C)c(Cl)c1)Cc1ccccc1. The second-order valence-electron chi connectivity index (χ2n) is 8.20. The lowest BCUT2D eigenvalue weighted by Gasteiger charge is -2.30. The molecule has 6 nitrogen and oxygen atoms in total. The number of anilines is 1. The smallest absolute Gasteiger partial charge is 0.319 e. The summed E-state index contributed by atoms with van der Waals surface area (Å²) in [6.45, 7) is 11.2. The molecule has 0 aliphatic heterocycles.